The zero-order valence-electron chi connectivity index (χ0n) is 18.3. The van der Waals surface area contributed by atoms with E-state index >= 15 is 0 Å². The van der Waals surface area contributed by atoms with E-state index in [9.17, 15) is 18.3 Å². The molecule has 3 aromatic rings. The number of alkyl halides is 3. The van der Waals surface area contributed by atoms with E-state index in [0.717, 1.165) is 17.0 Å². The first-order chi connectivity index (χ1) is 15.7. The molecule has 0 saturated carbocycles. The molecular weight excluding hydrogens is 455 g/mol. The van der Waals surface area contributed by atoms with Gasteiger partial charge in [0.2, 0.25) is 0 Å². The third-order valence-corrected chi connectivity index (χ3v) is 7.71. The van der Waals surface area contributed by atoms with Crippen LogP contribution in [-0.4, -0.2) is 73.2 Å². The summed E-state index contributed by atoms with van der Waals surface area (Å²) in [7, 11) is 1.63. The van der Waals surface area contributed by atoms with Gasteiger partial charge in [0.25, 0.3) is 5.19 Å². The summed E-state index contributed by atoms with van der Waals surface area (Å²) >= 11 is 1.13. The molecule has 7 nitrogen and oxygen atoms in total. The molecule has 1 N–H and O–H groups in total. The van der Waals surface area contributed by atoms with E-state index < -0.39 is 36.2 Å². The van der Waals surface area contributed by atoms with Crippen molar-refractivity contribution in [1.82, 2.24) is 24.9 Å². The van der Waals surface area contributed by atoms with Gasteiger partial charge < -0.3 is 9.84 Å². The standard InChI is InChI=1S/C22H24F3N5O2S/c1-11-6-7-30(28-11)12-4-5-14(16(31)8-12)20-26-27-21(33-20)32-13-9-15-17(23)18(24)19(25)22(2,10-13)29(15)3/h4-8,13,15,17-19,31H,9-10H2,1-3H3. The molecule has 6 atom stereocenters. The Labute approximate surface area is 192 Å². The number of fused-ring (bicyclic) bond motifs is 2. The molecule has 2 fully saturated rings. The minimum Gasteiger partial charge on any atom is -0.507 e. The third-order valence-electron chi connectivity index (χ3n) is 6.87. The van der Waals surface area contributed by atoms with Crippen molar-refractivity contribution in [2.75, 3.05) is 7.05 Å². The largest absolute Gasteiger partial charge is 0.507 e. The number of hydrogen-bond donors (Lipinski definition) is 1. The second-order valence-electron chi connectivity index (χ2n) is 8.98. The number of nitrogens with zero attached hydrogens (tertiary/aromatic N) is 5. The van der Waals surface area contributed by atoms with Gasteiger partial charge in [-0.25, -0.2) is 17.9 Å². The average molecular weight is 480 g/mol. The summed E-state index contributed by atoms with van der Waals surface area (Å²) in [5.74, 6) is 0.0132. The van der Waals surface area contributed by atoms with Crippen LogP contribution in [0.5, 0.6) is 10.9 Å². The molecule has 4 heterocycles. The minimum atomic E-state index is -2.14. The molecule has 2 bridgehead atoms. The van der Waals surface area contributed by atoms with Gasteiger partial charge >= 0.3 is 0 Å². The summed E-state index contributed by atoms with van der Waals surface area (Å²) < 4.78 is 51.0. The van der Waals surface area contributed by atoms with Gasteiger partial charge in [-0.15, -0.1) is 5.10 Å². The second-order valence-corrected chi connectivity index (χ2v) is 9.92. The van der Waals surface area contributed by atoms with Gasteiger partial charge in [0.05, 0.1) is 22.5 Å². The number of phenols is 1. The zero-order valence-corrected chi connectivity index (χ0v) is 19.1. The summed E-state index contributed by atoms with van der Waals surface area (Å²) in [4.78, 5) is 1.60. The summed E-state index contributed by atoms with van der Waals surface area (Å²) in [6.07, 6.45) is -4.30. The fraction of sp³-hybridized carbons (Fsp3) is 0.500. The number of halogens is 3. The highest BCUT2D eigenvalue weighted by Crippen LogP contribution is 2.46. The van der Waals surface area contributed by atoms with E-state index in [1.54, 1.807) is 47.9 Å². The van der Waals surface area contributed by atoms with Gasteiger partial charge in [0.1, 0.15) is 18.0 Å². The Kier molecular flexibility index (Phi) is 5.36. The number of aromatic hydroxyl groups is 1. The first-order valence-electron chi connectivity index (χ1n) is 10.7. The Morgan fingerprint density at radius 2 is 1.97 bits per heavy atom. The Bertz CT molecular complexity index is 1170. The molecular formula is C22H24F3N5O2S. The normalized spacial score (nSPS) is 32.1. The number of piperidine rings is 2. The highest BCUT2D eigenvalue weighted by molar-refractivity contribution is 7.16. The van der Waals surface area contributed by atoms with Crippen LogP contribution in [0.15, 0.2) is 30.5 Å². The average Bonchev–Trinajstić information content (AvgIpc) is 3.42. The molecule has 0 spiro atoms. The third kappa shape index (κ3) is 3.67. The van der Waals surface area contributed by atoms with E-state index in [0.29, 0.717) is 16.3 Å². The van der Waals surface area contributed by atoms with Gasteiger partial charge in [-0.1, -0.05) is 16.4 Å². The Balaban J connectivity index is 1.34. The number of aromatic nitrogens is 4. The summed E-state index contributed by atoms with van der Waals surface area (Å²) in [6, 6.07) is 6.19. The lowest BCUT2D eigenvalue weighted by atomic mass is 9.72. The number of hydrogen-bond acceptors (Lipinski definition) is 7. The Hall–Kier alpha value is -2.66. The number of phenolic OH excluding ortho intramolecular Hbond substituents is 1. The maximum Gasteiger partial charge on any atom is 0.294 e. The fourth-order valence-electron chi connectivity index (χ4n) is 4.86. The zero-order chi connectivity index (χ0) is 23.5. The molecule has 6 unspecified atom stereocenters. The van der Waals surface area contributed by atoms with Gasteiger partial charge in [-0.05, 0) is 39.1 Å². The van der Waals surface area contributed by atoms with Crippen LogP contribution in [0, 0.1) is 6.92 Å². The van der Waals surface area contributed by atoms with Crippen molar-refractivity contribution in [3.8, 4) is 27.2 Å². The van der Waals surface area contributed by atoms with Crippen LogP contribution in [-0.2, 0) is 0 Å². The molecule has 11 heteroatoms. The summed E-state index contributed by atoms with van der Waals surface area (Å²) in [6.45, 7) is 3.48. The highest BCUT2D eigenvalue weighted by atomic mass is 32.1. The highest BCUT2D eigenvalue weighted by Gasteiger charge is 2.60. The van der Waals surface area contributed by atoms with Crippen LogP contribution >= 0.6 is 11.3 Å². The number of rotatable bonds is 4. The van der Waals surface area contributed by atoms with Crippen molar-refractivity contribution in [3.63, 3.8) is 0 Å². The van der Waals surface area contributed by atoms with Crippen LogP contribution in [0.3, 0.4) is 0 Å². The molecule has 1 aromatic carbocycles. The number of benzene rings is 1. The minimum absolute atomic E-state index is 0.0132. The van der Waals surface area contributed by atoms with Crippen LogP contribution in [0.4, 0.5) is 13.2 Å². The molecule has 176 valence electrons. The van der Waals surface area contributed by atoms with Crippen molar-refractivity contribution >= 4 is 11.3 Å². The van der Waals surface area contributed by atoms with Crippen molar-refractivity contribution < 1.29 is 23.0 Å². The van der Waals surface area contributed by atoms with Gasteiger partial charge in [-0.2, -0.15) is 5.10 Å². The van der Waals surface area contributed by atoms with Crippen LogP contribution in [0.2, 0.25) is 0 Å². The SMILES string of the molecule is Cc1ccn(-c2ccc(-c3nnc(OC4CC5C(F)C(F)C(F)C(C)(C4)N5C)s3)c(O)c2)n1. The summed E-state index contributed by atoms with van der Waals surface area (Å²) in [5.41, 5.74) is 0.873. The van der Waals surface area contributed by atoms with Crippen molar-refractivity contribution in [1.29, 1.82) is 0 Å². The molecule has 2 aromatic heterocycles. The van der Waals surface area contributed by atoms with E-state index in [4.69, 9.17) is 4.74 Å². The lowest BCUT2D eigenvalue weighted by Crippen LogP contribution is -2.72. The van der Waals surface area contributed by atoms with E-state index in [1.807, 2.05) is 13.0 Å². The first-order valence-corrected chi connectivity index (χ1v) is 11.5. The molecule has 0 radical (unpaired) electrons. The quantitative estimate of drug-likeness (QED) is 0.609. The van der Waals surface area contributed by atoms with E-state index in [-0.39, 0.29) is 23.8 Å². The van der Waals surface area contributed by atoms with Crippen molar-refractivity contribution in [3.05, 3.63) is 36.2 Å². The smallest absolute Gasteiger partial charge is 0.294 e. The topological polar surface area (TPSA) is 76.3 Å². The predicted octanol–water partition coefficient (Wildman–Crippen LogP) is 4.03. The fourth-order valence-corrected chi connectivity index (χ4v) is 5.66. The molecule has 0 aliphatic carbocycles. The molecule has 0 amide bonds. The Morgan fingerprint density at radius 1 is 1.18 bits per heavy atom. The van der Waals surface area contributed by atoms with Crippen molar-refractivity contribution in [2.45, 2.75) is 62.9 Å². The maximum absolute atomic E-state index is 14.7. The number of aryl methyl sites for hydroxylation is 1. The van der Waals surface area contributed by atoms with Gasteiger partial charge in [-0.3, -0.25) is 4.90 Å². The monoisotopic (exact) mass is 479 g/mol. The molecule has 5 rings (SSSR count). The lowest BCUT2D eigenvalue weighted by molar-refractivity contribution is -0.159. The van der Waals surface area contributed by atoms with Crippen LogP contribution < -0.4 is 4.74 Å². The Morgan fingerprint density at radius 3 is 2.67 bits per heavy atom. The first kappa shape index (κ1) is 22.1. The molecule has 2 saturated heterocycles. The summed E-state index contributed by atoms with van der Waals surface area (Å²) in [5, 5.41) is 23.7. The lowest BCUT2D eigenvalue weighted by Gasteiger charge is -2.56. The number of ether oxygens (including phenoxy) is 1. The van der Waals surface area contributed by atoms with E-state index in [2.05, 4.69) is 15.3 Å². The van der Waals surface area contributed by atoms with Gasteiger partial charge in [0, 0.05) is 31.1 Å². The van der Waals surface area contributed by atoms with Gasteiger partial charge in [0.15, 0.2) is 17.4 Å². The van der Waals surface area contributed by atoms with Crippen LogP contribution in [0.1, 0.15) is 25.5 Å². The molecule has 2 aliphatic heterocycles. The second kappa shape index (κ2) is 7.98. The molecule has 33 heavy (non-hydrogen) atoms. The predicted molar refractivity (Wildman–Crippen MR) is 117 cm³/mol. The maximum atomic E-state index is 14.7. The van der Waals surface area contributed by atoms with Crippen LogP contribution in [0.25, 0.3) is 16.3 Å². The van der Waals surface area contributed by atoms with Crippen molar-refractivity contribution in [2.24, 2.45) is 0 Å². The molecule has 2 aliphatic rings. The van der Waals surface area contributed by atoms with E-state index in [1.165, 1.54) is 0 Å².